The van der Waals surface area contributed by atoms with Crippen molar-refractivity contribution in [3.63, 3.8) is 0 Å². The Morgan fingerprint density at radius 3 is 2.55 bits per heavy atom. The normalized spacial score (nSPS) is 10.2. The number of nitrogens with one attached hydrogen (secondary N) is 2. The Morgan fingerprint density at radius 1 is 1.10 bits per heavy atom. The molecule has 0 aliphatic rings. The number of para-hydroxylation sites is 2. The molecule has 0 atom stereocenters. The van der Waals surface area contributed by atoms with E-state index in [2.05, 4.69) is 34.4 Å². The molecular formula is C15H20N4O. The fraction of sp³-hybridized carbons (Fsp3) is 0.333. The van der Waals surface area contributed by atoms with Gasteiger partial charge in [0.25, 0.3) is 0 Å². The van der Waals surface area contributed by atoms with Crippen LogP contribution < -0.4 is 15.4 Å². The standard InChI is InChI=1S/C15H20N4O/c1-4-11-14(16-5-2)17-10-18-15(11)19-12-8-6-7-9-13(12)20-3/h6-10H,4-5H2,1-3H3,(H2,16,17,18,19). The van der Waals surface area contributed by atoms with Crippen molar-refractivity contribution in [3.8, 4) is 5.75 Å². The number of ether oxygens (including phenoxy) is 1. The molecule has 20 heavy (non-hydrogen) atoms. The molecule has 5 heteroatoms. The number of rotatable bonds is 6. The summed E-state index contributed by atoms with van der Waals surface area (Å²) in [5.41, 5.74) is 1.96. The average molecular weight is 272 g/mol. The van der Waals surface area contributed by atoms with E-state index in [1.807, 2.05) is 24.3 Å². The first kappa shape index (κ1) is 14.1. The van der Waals surface area contributed by atoms with Crippen LogP contribution in [0.3, 0.4) is 0 Å². The van der Waals surface area contributed by atoms with Gasteiger partial charge in [0, 0.05) is 12.1 Å². The molecule has 0 aliphatic carbocycles. The first-order valence-corrected chi connectivity index (χ1v) is 6.77. The minimum Gasteiger partial charge on any atom is -0.495 e. The van der Waals surface area contributed by atoms with Crippen molar-refractivity contribution in [2.24, 2.45) is 0 Å². The van der Waals surface area contributed by atoms with Gasteiger partial charge in [0.2, 0.25) is 0 Å². The van der Waals surface area contributed by atoms with Crippen molar-refractivity contribution in [1.29, 1.82) is 0 Å². The van der Waals surface area contributed by atoms with Gasteiger partial charge in [-0.15, -0.1) is 0 Å². The summed E-state index contributed by atoms with van der Waals surface area (Å²) in [5, 5.41) is 6.59. The Bertz CT molecular complexity index is 572. The fourth-order valence-electron chi connectivity index (χ4n) is 2.05. The van der Waals surface area contributed by atoms with Crippen LogP contribution in [-0.2, 0) is 6.42 Å². The molecule has 1 aromatic carbocycles. The summed E-state index contributed by atoms with van der Waals surface area (Å²) in [4.78, 5) is 8.64. The minimum atomic E-state index is 0.790. The molecule has 2 aromatic rings. The monoisotopic (exact) mass is 272 g/mol. The molecule has 0 spiro atoms. The molecule has 0 saturated carbocycles. The molecule has 5 nitrogen and oxygen atoms in total. The van der Waals surface area contributed by atoms with E-state index in [4.69, 9.17) is 4.74 Å². The Hall–Kier alpha value is -2.30. The topological polar surface area (TPSA) is 59.1 Å². The molecule has 0 radical (unpaired) electrons. The molecule has 0 unspecified atom stereocenters. The van der Waals surface area contributed by atoms with Crippen molar-refractivity contribution in [1.82, 2.24) is 9.97 Å². The summed E-state index contributed by atoms with van der Waals surface area (Å²) < 4.78 is 5.35. The summed E-state index contributed by atoms with van der Waals surface area (Å²) in [7, 11) is 1.66. The summed E-state index contributed by atoms with van der Waals surface area (Å²) in [5.74, 6) is 2.48. The highest BCUT2D eigenvalue weighted by Crippen LogP contribution is 2.29. The van der Waals surface area contributed by atoms with E-state index in [0.717, 1.165) is 41.6 Å². The molecule has 2 N–H and O–H groups in total. The van der Waals surface area contributed by atoms with Gasteiger partial charge in [-0.2, -0.15) is 0 Å². The molecule has 106 valence electrons. The summed E-state index contributed by atoms with van der Waals surface area (Å²) in [6.07, 6.45) is 2.41. The van der Waals surface area contributed by atoms with Gasteiger partial charge in [-0.1, -0.05) is 19.1 Å². The molecule has 1 aromatic heterocycles. The Morgan fingerprint density at radius 2 is 1.85 bits per heavy atom. The molecule has 0 fully saturated rings. The minimum absolute atomic E-state index is 0.790. The number of aromatic nitrogens is 2. The molecule has 0 amide bonds. The fourth-order valence-corrected chi connectivity index (χ4v) is 2.05. The number of nitrogens with zero attached hydrogens (tertiary/aromatic N) is 2. The maximum atomic E-state index is 5.35. The smallest absolute Gasteiger partial charge is 0.142 e. The van der Waals surface area contributed by atoms with Crippen LogP contribution in [0.1, 0.15) is 19.4 Å². The first-order chi connectivity index (χ1) is 9.80. The van der Waals surface area contributed by atoms with E-state index < -0.39 is 0 Å². The predicted octanol–water partition coefficient (Wildman–Crippen LogP) is 3.22. The second-order valence-electron chi connectivity index (χ2n) is 4.26. The van der Waals surface area contributed by atoms with Gasteiger partial charge in [0.05, 0.1) is 12.8 Å². The maximum absolute atomic E-state index is 5.35. The van der Waals surface area contributed by atoms with E-state index in [9.17, 15) is 0 Å². The van der Waals surface area contributed by atoms with Gasteiger partial charge in [-0.3, -0.25) is 0 Å². The number of benzene rings is 1. The van der Waals surface area contributed by atoms with E-state index in [1.165, 1.54) is 0 Å². The highest BCUT2D eigenvalue weighted by molar-refractivity contribution is 5.69. The molecular weight excluding hydrogens is 252 g/mol. The third kappa shape index (κ3) is 2.99. The SMILES string of the molecule is CCNc1ncnc(Nc2ccccc2OC)c1CC. The van der Waals surface area contributed by atoms with Gasteiger partial charge >= 0.3 is 0 Å². The van der Waals surface area contributed by atoms with Crippen LogP contribution in [0.5, 0.6) is 5.75 Å². The zero-order chi connectivity index (χ0) is 14.4. The lowest BCUT2D eigenvalue weighted by Crippen LogP contribution is -2.07. The maximum Gasteiger partial charge on any atom is 0.142 e. The number of hydrogen-bond donors (Lipinski definition) is 2. The predicted molar refractivity (Wildman–Crippen MR) is 81.9 cm³/mol. The second-order valence-corrected chi connectivity index (χ2v) is 4.26. The second kappa shape index (κ2) is 6.75. The van der Waals surface area contributed by atoms with Crippen LogP contribution in [0.2, 0.25) is 0 Å². The van der Waals surface area contributed by atoms with Crippen LogP contribution in [0.15, 0.2) is 30.6 Å². The molecule has 1 heterocycles. The van der Waals surface area contributed by atoms with Gasteiger partial charge in [0.15, 0.2) is 0 Å². The van der Waals surface area contributed by atoms with Crippen molar-refractivity contribution in [2.45, 2.75) is 20.3 Å². The third-order valence-electron chi connectivity index (χ3n) is 3.00. The van der Waals surface area contributed by atoms with Crippen molar-refractivity contribution in [2.75, 3.05) is 24.3 Å². The molecule has 0 bridgehead atoms. The lowest BCUT2D eigenvalue weighted by Gasteiger charge is -2.15. The van der Waals surface area contributed by atoms with Crippen molar-refractivity contribution < 1.29 is 4.74 Å². The Labute approximate surface area is 119 Å². The van der Waals surface area contributed by atoms with E-state index >= 15 is 0 Å². The lowest BCUT2D eigenvalue weighted by atomic mass is 10.2. The van der Waals surface area contributed by atoms with Crippen molar-refractivity contribution >= 4 is 17.3 Å². The zero-order valence-electron chi connectivity index (χ0n) is 12.1. The molecule has 0 aliphatic heterocycles. The summed E-state index contributed by atoms with van der Waals surface area (Å²) >= 11 is 0. The number of hydrogen-bond acceptors (Lipinski definition) is 5. The van der Waals surface area contributed by atoms with Crippen LogP contribution >= 0.6 is 0 Å². The average Bonchev–Trinajstić information content (AvgIpc) is 2.48. The van der Waals surface area contributed by atoms with Gasteiger partial charge < -0.3 is 15.4 Å². The van der Waals surface area contributed by atoms with E-state index in [0.29, 0.717) is 0 Å². The third-order valence-corrected chi connectivity index (χ3v) is 3.00. The largest absolute Gasteiger partial charge is 0.495 e. The van der Waals surface area contributed by atoms with Crippen LogP contribution in [-0.4, -0.2) is 23.6 Å². The summed E-state index contributed by atoms with van der Waals surface area (Å²) in [6.45, 7) is 4.97. The van der Waals surface area contributed by atoms with E-state index in [1.54, 1.807) is 13.4 Å². The highest BCUT2D eigenvalue weighted by atomic mass is 16.5. The van der Waals surface area contributed by atoms with Crippen LogP contribution in [0.25, 0.3) is 0 Å². The van der Waals surface area contributed by atoms with E-state index in [-0.39, 0.29) is 0 Å². The highest BCUT2D eigenvalue weighted by Gasteiger charge is 2.11. The van der Waals surface area contributed by atoms with Crippen molar-refractivity contribution in [3.05, 3.63) is 36.2 Å². The van der Waals surface area contributed by atoms with Gasteiger partial charge in [-0.25, -0.2) is 9.97 Å². The Kier molecular flexibility index (Phi) is 4.76. The first-order valence-electron chi connectivity index (χ1n) is 6.77. The molecule has 0 saturated heterocycles. The Balaban J connectivity index is 2.35. The van der Waals surface area contributed by atoms with Crippen LogP contribution in [0, 0.1) is 0 Å². The van der Waals surface area contributed by atoms with Gasteiger partial charge in [0.1, 0.15) is 23.7 Å². The zero-order valence-corrected chi connectivity index (χ0v) is 12.1. The molecule has 2 rings (SSSR count). The van der Waals surface area contributed by atoms with Crippen LogP contribution in [0.4, 0.5) is 17.3 Å². The van der Waals surface area contributed by atoms with Gasteiger partial charge in [-0.05, 0) is 25.5 Å². The summed E-state index contributed by atoms with van der Waals surface area (Å²) in [6, 6.07) is 7.78. The number of anilines is 3. The number of methoxy groups -OCH3 is 1. The lowest BCUT2D eigenvalue weighted by molar-refractivity contribution is 0.417. The quantitative estimate of drug-likeness (QED) is 0.845.